The van der Waals surface area contributed by atoms with Crippen LogP contribution in [0.2, 0.25) is 0 Å². The third-order valence-corrected chi connectivity index (χ3v) is 6.25. The highest BCUT2D eigenvalue weighted by Crippen LogP contribution is 2.25. The molecule has 0 spiro atoms. The van der Waals surface area contributed by atoms with Crippen molar-refractivity contribution in [3.05, 3.63) is 74.1 Å². The van der Waals surface area contributed by atoms with E-state index in [1.54, 1.807) is 20.2 Å². The summed E-state index contributed by atoms with van der Waals surface area (Å²) in [6, 6.07) is 9.82. The second kappa shape index (κ2) is 8.47. The van der Waals surface area contributed by atoms with Gasteiger partial charge in [-0.15, -0.1) is 0 Å². The van der Waals surface area contributed by atoms with Gasteiger partial charge in [0, 0.05) is 32.6 Å². The van der Waals surface area contributed by atoms with Crippen LogP contribution in [-0.4, -0.2) is 40.6 Å². The van der Waals surface area contributed by atoms with Gasteiger partial charge in [0.1, 0.15) is 10.3 Å². The van der Waals surface area contributed by atoms with Gasteiger partial charge in [-0.1, -0.05) is 29.9 Å². The normalized spacial score (nSPS) is 13.9. The van der Waals surface area contributed by atoms with Crippen molar-refractivity contribution in [2.45, 2.75) is 19.8 Å². The number of nitrogens with one attached hydrogen (secondary N) is 2. The van der Waals surface area contributed by atoms with Crippen molar-refractivity contribution < 1.29 is 4.79 Å². The number of rotatable bonds is 4. The second-order valence-corrected chi connectivity index (χ2v) is 8.18. The molecule has 0 atom stereocenters. The molecule has 1 aliphatic rings. The number of aromatic nitrogens is 3. The third-order valence-electron chi connectivity index (χ3n) is 5.76. The van der Waals surface area contributed by atoms with Crippen molar-refractivity contribution in [3.63, 3.8) is 0 Å². The number of aryl methyl sites for hydroxylation is 1. The Balaban J connectivity index is 1.50. The second-order valence-electron chi connectivity index (χ2n) is 7.79. The summed E-state index contributed by atoms with van der Waals surface area (Å²) >= 11 is 5.38. The molecule has 0 fully saturated rings. The van der Waals surface area contributed by atoms with Crippen LogP contribution in [0.3, 0.4) is 0 Å². The molecule has 0 saturated carbocycles. The van der Waals surface area contributed by atoms with Gasteiger partial charge in [-0.3, -0.25) is 9.36 Å². The molecule has 4 rings (SSSR count). The number of fused-ring (bicyclic) bond motifs is 1. The van der Waals surface area contributed by atoms with Crippen molar-refractivity contribution in [2.75, 3.05) is 25.0 Å². The van der Waals surface area contributed by atoms with Crippen LogP contribution in [0.1, 0.15) is 28.2 Å². The maximum absolute atomic E-state index is 12.0. The van der Waals surface area contributed by atoms with Gasteiger partial charge in [0.25, 0.3) is 5.91 Å². The molecule has 31 heavy (non-hydrogen) atoms. The molecule has 0 radical (unpaired) electrons. The Morgan fingerprint density at radius 2 is 2.10 bits per heavy atom. The summed E-state index contributed by atoms with van der Waals surface area (Å²) in [5, 5.41) is 3.49. The number of amides is 1. The first-order valence-electron chi connectivity index (χ1n) is 10.2. The standard InChI is InChI=1S/C23H25N5O2S/c1-14-20(7-6-18(25-14)21(29)24-2)28-10-8-15(9-11-28)12-16-4-5-17-19(13-16)26-23(30)27(3)22(17)31/h4-8,13H,9-12H2,1-3H3,(H,24,29)(H,26,30). The van der Waals surface area contributed by atoms with Crippen molar-refractivity contribution >= 4 is 34.7 Å². The molecule has 2 N–H and O–H groups in total. The van der Waals surface area contributed by atoms with Crippen LogP contribution in [0.4, 0.5) is 5.69 Å². The molecule has 1 amide bonds. The summed E-state index contributed by atoms with van der Waals surface area (Å²) in [4.78, 5) is 33.4. The van der Waals surface area contributed by atoms with Crippen molar-refractivity contribution in [2.24, 2.45) is 7.05 Å². The summed E-state index contributed by atoms with van der Waals surface area (Å²) in [6.45, 7) is 3.63. The molecule has 1 aromatic carbocycles. The molecule has 3 aromatic rings. The first-order valence-corrected chi connectivity index (χ1v) is 10.6. The Kier molecular flexibility index (Phi) is 5.73. The van der Waals surface area contributed by atoms with Gasteiger partial charge in [0.05, 0.1) is 16.9 Å². The first kappa shape index (κ1) is 21.0. The van der Waals surface area contributed by atoms with Crippen LogP contribution in [0.25, 0.3) is 10.9 Å². The summed E-state index contributed by atoms with van der Waals surface area (Å²) in [7, 11) is 3.28. The lowest BCUT2D eigenvalue weighted by molar-refractivity contribution is 0.0958. The number of benzene rings is 1. The fourth-order valence-electron chi connectivity index (χ4n) is 3.96. The van der Waals surface area contributed by atoms with E-state index in [1.165, 1.54) is 10.1 Å². The lowest BCUT2D eigenvalue weighted by Crippen LogP contribution is -2.30. The van der Waals surface area contributed by atoms with Crippen LogP contribution in [0, 0.1) is 11.6 Å². The Bertz CT molecular complexity index is 1320. The predicted molar refractivity (Wildman–Crippen MR) is 125 cm³/mol. The average molecular weight is 436 g/mol. The largest absolute Gasteiger partial charge is 0.366 e. The molecular formula is C23H25N5O2S. The average Bonchev–Trinajstić information content (AvgIpc) is 2.77. The molecular weight excluding hydrogens is 410 g/mol. The van der Waals surface area contributed by atoms with Crippen LogP contribution in [0.5, 0.6) is 0 Å². The fourth-order valence-corrected chi connectivity index (χ4v) is 4.22. The summed E-state index contributed by atoms with van der Waals surface area (Å²) in [6.07, 6.45) is 4.04. The van der Waals surface area contributed by atoms with Crippen LogP contribution in [0.15, 0.2) is 46.8 Å². The van der Waals surface area contributed by atoms with E-state index in [2.05, 4.69) is 32.3 Å². The summed E-state index contributed by atoms with van der Waals surface area (Å²) < 4.78 is 2.00. The van der Waals surface area contributed by atoms with Crippen molar-refractivity contribution in [1.82, 2.24) is 19.9 Å². The number of nitrogens with zero attached hydrogens (tertiary/aromatic N) is 3. The molecule has 0 bridgehead atoms. The Hall–Kier alpha value is -3.26. The zero-order valence-corrected chi connectivity index (χ0v) is 18.7. The van der Waals surface area contributed by atoms with E-state index >= 15 is 0 Å². The third kappa shape index (κ3) is 4.16. The van der Waals surface area contributed by atoms with Crippen LogP contribution >= 0.6 is 12.2 Å². The Morgan fingerprint density at radius 3 is 2.77 bits per heavy atom. The van der Waals surface area contributed by atoms with Gasteiger partial charge in [-0.05, 0) is 49.6 Å². The van der Waals surface area contributed by atoms with E-state index in [1.807, 2.05) is 25.1 Å². The minimum Gasteiger partial charge on any atom is -0.366 e. The zero-order valence-electron chi connectivity index (χ0n) is 17.9. The van der Waals surface area contributed by atoms with Crippen molar-refractivity contribution in [3.8, 4) is 0 Å². The minimum atomic E-state index is -0.200. The molecule has 3 heterocycles. The molecule has 0 unspecified atom stereocenters. The highest BCUT2D eigenvalue weighted by atomic mass is 32.1. The smallest absolute Gasteiger partial charge is 0.326 e. The van der Waals surface area contributed by atoms with Gasteiger partial charge in [0.2, 0.25) is 0 Å². The van der Waals surface area contributed by atoms with Gasteiger partial charge in [0.15, 0.2) is 0 Å². The van der Waals surface area contributed by atoms with E-state index in [0.717, 1.165) is 53.8 Å². The number of H-pyrrole nitrogens is 1. The van der Waals surface area contributed by atoms with Crippen LogP contribution < -0.4 is 15.9 Å². The van der Waals surface area contributed by atoms with Crippen LogP contribution in [-0.2, 0) is 13.5 Å². The van der Waals surface area contributed by atoms with Gasteiger partial charge >= 0.3 is 5.69 Å². The maximum atomic E-state index is 12.0. The summed E-state index contributed by atoms with van der Waals surface area (Å²) in [5.41, 5.74) is 5.43. The van der Waals surface area contributed by atoms with E-state index in [4.69, 9.17) is 12.2 Å². The molecule has 7 nitrogen and oxygen atoms in total. The minimum absolute atomic E-state index is 0.177. The van der Waals surface area contributed by atoms with Gasteiger partial charge in [-0.25, -0.2) is 9.78 Å². The molecule has 8 heteroatoms. The van der Waals surface area contributed by atoms with Crippen molar-refractivity contribution in [1.29, 1.82) is 0 Å². The van der Waals surface area contributed by atoms with E-state index in [-0.39, 0.29) is 11.6 Å². The fraction of sp³-hybridized carbons (Fsp3) is 0.304. The van der Waals surface area contributed by atoms with E-state index < -0.39 is 0 Å². The number of hydrogen-bond donors (Lipinski definition) is 2. The first-order chi connectivity index (χ1) is 14.9. The molecule has 1 aliphatic heterocycles. The lowest BCUT2D eigenvalue weighted by Gasteiger charge is -2.29. The van der Waals surface area contributed by atoms with Gasteiger partial charge < -0.3 is 15.2 Å². The number of carbonyl (C=O) groups excluding carboxylic acids is 1. The maximum Gasteiger partial charge on any atom is 0.326 e. The predicted octanol–water partition coefficient (Wildman–Crippen LogP) is 3.04. The van der Waals surface area contributed by atoms with E-state index in [9.17, 15) is 9.59 Å². The zero-order chi connectivity index (χ0) is 22.1. The monoisotopic (exact) mass is 435 g/mol. The lowest BCUT2D eigenvalue weighted by atomic mass is 9.98. The quantitative estimate of drug-likeness (QED) is 0.486. The Morgan fingerprint density at radius 1 is 1.29 bits per heavy atom. The molecule has 0 saturated heterocycles. The number of aromatic amines is 1. The SMILES string of the molecule is CNC(=O)c1ccc(N2CC=C(Cc3ccc4c(=S)n(C)c(=O)[nH]c4c3)CC2)c(C)n1. The number of anilines is 1. The number of hydrogen-bond acceptors (Lipinski definition) is 5. The molecule has 0 aliphatic carbocycles. The highest BCUT2D eigenvalue weighted by molar-refractivity contribution is 7.71. The molecule has 2 aromatic heterocycles. The molecule has 160 valence electrons. The topological polar surface area (TPSA) is 83.0 Å². The Labute approximate surface area is 185 Å². The van der Waals surface area contributed by atoms with Gasteiger partial charge in [-0.2, -0.15) is 0 Å². The van der Waals surface area contributed by atoms with E-state index in [0.29, 0.717) is 10.3 Å². The summed E-state index contributed by atoms with van der Waals surface area (Å²) in [5.74, 6) is -0.177. The highest BCUT2D eigenvalue weighted by Gasteiger charge is 2.17. The number of pyridine rings is 1. The number of carbonyl (C=O) groups is 1.